The Balaban J connectivity index is 2.11. The van der Waals surface area contributed by atoms with E-state index in [-0.39, 0.29) is 11.8 Å². The van der Waals surface area contributed by atoms with Crippen molar-refractivity contribution in [3.05, 3.63) is 35.2 Å². The molecular weight excluding hydrogens is 266 g/mol. The van der Waals surface area contributed by atoms with Gasteiger partial charge in [0.2, 0.25) is 5.91 Å². The van der Waals surface area contributed by atoms with Crippen LogP contribution in [0.25, 0.3) is 0 Å². The lowest BCUT2D eigenvalue weighted by Crippen LogP contribution is -2.40. The summed E-state index contributed by atoms with van der Waals surface area (Å²) in [4.78, 5) is 19.1. The molecule has 0 spiro atoms. The zero-order valence-electron chi connectivity index (χ0n) is 12.5. The predicted octanol–water partition coefficient (Wildman–Crippen LogP) is 2.20. The number of aromatic amines is 1. The lowest BCUT2D eigenvalue weighted by atomic mass is 9.89. The molecule has 0 fully saturated rings. The molecule has 0 radical (unpaired) electrons. The second kappa shape index (κ2) is 5.20. The van der Waals surface area contributed by atoms with Gasteiger partial charge in [0, 0.05) is 13.1 Å². The number of nitrogens with one attached hydrogen (secondary N) is 2. The summed E-state index contributed by atoms with van der Waals surface area (Å²) in [6.45, 7) is 4.62. The number of H-pyrrole nitrogens is 1. The quantitative estimate of drug-likeness (QED) is 0.906. The summed E-state index contributed by atoms with van der Waals surface area (Å²) in [7, 11) is 1.84. The number of rotatable bonds is 3. The summed E-state index contributed by atoms with van der Waals surface area (Å²) in [5.74, 6) is 1.42. The average Bonchev–Trinajstić information content (AvgIpc) is 3.00. The van der Waals surface area contributed by atoms with Gasteiger partial charge in [-0.3, -0.25) is 14.8 Å². The average molecular weight is 285 g/mol. The first-order chi connectivity index (χ1) is 10.2. The third-order valence-electron chi connectivity index (χ3n) is 4.03. The van der Waals surface area contributed by atoms with Gasteiger partial charge in [0.05, 0.1) is 24.4 Å². The van der Waals surface area contributed by atoms with Crippen molar-refractivity contribution < 1.29 is 4.79 Å². The van der Waals surface area contributed by atoms with Crippen molar-refractivity contribution in [2.45, 2.75) is 32.7 Å². The van der Waals surface area contributed by atoms with Gasteiger partial charge < -0.3 is 5.32 Å². The molecule has 0 aliphatic carbocycles. The monoisotopic (exact) mass is 285 g/mol. The summed E-state index contributed by atoms with van der Waals surface area (Å²) in [6.07, 6.45) is 2.39. The Morgan fingerprint density at radius 2 is 2.33 bits per heavy atom. The molecule has 1 amide bonds. The van der Waals surface area contributed by atoms with Crippen LogP contribution < -0.4 is 10.2 Å². The Bertz CT molecular complexity index is 665. The zero-order chi connectivity index (χ0) is 15.0. The van der Waals surface area contributed by atoms with E-state index >= 15 is 0 Å². The molecule has 1 atom stereocenters. The van der Waals surface area contributed by atoms with Crippen molar-refractivity contribution in [1.29, 1.82) is 0 Å². The fourth-order valence-electron chi connectivity index (χ4n) is 2.86. The zero-order valence-corrected chi connectivity index (χ0v) is 12.5. The predicted molar refractivity (Wildman–Crippen MR) is 81.3 cm³/mol. The molecular formula is C15H19N5O. The molecule has 21 heavy (non-hydrogen) atoms. The summed E-state index contributed by atoms with van der Waals surface area (Å²) >= 11 is 0. The van der Waals surface area contributed by atoms with Crippen LogP contribution in [0, 0.1) is 6.92 Å². The minimum absolute atomic E-state index is 0.0782. The molecule has 3 rings (SSSR count). The fraction of sp³-hybridized carbons (Fsp3) is 0.400. The first-order valence-corrected chi connectivity index (χ1v) is 7.14. The van der Waals surface area contributed by atoms with Crippen LogP contribution in [-0.2, 0) is 11.3 Å². The number of anilines is 2. The van der Waals surface area contributed by atoms with E-state index in [2.05, 4.69) is 27.4 Å². The summed E-state index contributed by atoms with van der Waals surface area (Å²) in [5.41, 5.74) is 3.19. The molecule has 6 nitrogen and oxygen atoms in total. The Hall–Kier alpha value is -2.37. The highest BCUT2D eigenvalue weighted by Crippen LogP contribution is 2.35. The molecule has 3 heterocycles. The van der Waals surface area contributed by atoms with Gasteiger partial charge in [0.1, 0.15) is 11.6 Å². The van der Waals surface area contributed by atoms with Crippen molar-refractivity contribution >= 4 is 17.5 Å². The maximum Gasteiger partial charge on any atom is 0.237 e. The van der Waals surface area contributed by atoms with Crippen LogP contribution in [0.15, 0.2) is 18.3 Å². The maximum absolute atomic E-state index is 12.7. The Labute approximate surface area is 123 Å². The highest BCUT2D eigenvalue weighted by molar-refractivity contribution is 5.98. The third-order valence-corrected chi connectivity index (χ3v) is 4.03. The molecule has 0 saturated carbocycles. The second-order valence-corrected chi connectivity index (χ2v) is 5.27. The number of aromatic nitrogens is 3. The summed E-state index contributed by atoms with van der Waals surface area (Å²) < 4.78 is 0. The highest BCUT2D eigenvalue weighted by Gasteiger charge is 2.35. The molecule has 0 bridgehead atoms. The molecule has 0 saturated heterocycles. The lowest BCUT2D eigenvalue weighted by molar-refractivity contribution is -0.120. The van der Waals surface area contributed by atoms with E-state index in [1.165, 1.54) is 0 Å². The van der Waals surface area contributed by atoms with Gasteiger partial charge in [-0.05, 0) is 30.5 Å². The number of nitrogens with zero attached hydrogens (tertiary/aromatic N) is 3. The van der Waals surface area contributed by atoms with E-state index in [1.54, 1.807) is 11.1 Å². The van der Waals surface area contributed by atoms with Gasteiger partial charge in [-0.1, -0.05) is 6.92 Å². The van der Waals surface area contributed by atoms with Crippen LogP contribution in [0.2, 0.25) is 0 Å². The van der Waals surface area contributed by atoms with Crippen molar-refractivity contribution in [2.24, 2.45) is 0 Å². The number of aryl methyl sites for hydroxylation is 1. The Kier molecular flexibility index (Phi) is 3.37. The van der Waals surface area contributed by atoms with Crippen molar-refractivity contribution in [2.75, 3.05) is 17.3 Å². The number of carbonyl (C=O) groups excluding carboxylic acids is 1. The third kappa shape index (κ3) is 2.16. The van der Waals surface area contributed by atoms with E-state index in [9.17, 15) is 4.79 Å². The molecule has 0 aromatic carbocycles. The van der Waals surface area contributed by atoms with Gasteiger partial charge >= 0.3 is 0 Å². The van der Waals surface area contributed by atoms with Crippen LogP contribution in [0.1, 0.15) is 36.1 Å². The number of fused-ring (bicyclic) bond motifs is 1. The second-order valence-electron chi connectivity index (χ2n) is 5.27. The first-order valence-electron chi connectivity index (χ1n) is 7.14. The van der Waals surface area contributed by atoms with Crippen molar-refractivity contribution in [3.8, 4) is 0 Å². The van der Waals surface area contributed by atoms with E-state index in [1.807, 2.05) is 26.1 Å². The van der Waals surface area contributed by atoms with Gasteiger partial charge in [0.25, 0.3) is 0 Å². The number of hydrogen-bond acceptors (Lipinski definition) is 4. The minimum Gasteiger partial charge on any atom is -0.373 e. The number of pyridine rings is 1. The maximum atomic E-state index is 12.7. The summed E-state index contributed by atoms with van der Waals surface area (Å²) in [6, 6.07) is 3.84. The molecule has 2 N–H and O–H groups in total. The molecule has 1 aliphatic rings. The number of amides is 1. The molecule has 110 valence electrons. The fourth-order valence-corrected chi connectivity index (χ4v) is 2.86. The minimum atomic E-state index is -0.205. The SMILES string of the molecule is CCC1C(=O)N(c2ccn[nH]2)Cc2c(C)cc(NC)nc21. The topological polar surface area (TPSA) is 73.9 Å². The Morgan fingerprint density at radius 1 is 1.52 bits per heavy atom. The van der Waals surface area contributed by atoms with E-state index < -0.39 is 0 Å². The van der Waals surface area contributed by atoms with E-state index in [0.717, 1.165) is 34.9 Å². The van der Waals surface area contributed by atoms with Gasteiger partial charge in [-0.25, -0.2) is 4.98 Å². The van der Waals surface area contributed by atoms with Crippen LogP contribution in [-0.4, -0.2) is 28.1 Å². The lowest BCUT2D eigenvalue weighted by Gasteiger charge is -2.33. The first kappa shape index (κ1) is 13.6. The number of carbonyl (C=O) groups is 1. The summed E-state index contributed by atoms with van der Waals surface area (Å²) in [5, 5.41) is 9.89. The molecule has 1 unspecified atom stereocenters. The standard InChI is InChI=1S/C15H19N5O/c1-4-10-14-11(9(2)7-12(16-3)18-14)8-20(15(10)21)13-5-6-17-19-13/h5-7,10H,4,8H2,1-3H3,(H,16,18)(H,17,19). The van der Waals surface area contributed by atoms with Crippen molar-refractivity contribution in [3.63, 3.8) is 0 Å². The molecule has 2 aromatic heterocycles. The van der Waals surface area contributed by atoms with Crippen LogP contribution in [0.5, 0.6) is 0 Å². The smallest absolute Gasteiger partial charge is 0.237 e. The van der Waals surface area contributed by atoms with Crippen LogP contribution >= 0.6 is 0 Å². The molecule has 2 aromatic rings. The molecule has 1 aliphatic heterocycles. The Morgan fingerprint density at radius 3 is 2.95 bits per heavy atom. The largest absolute Gasteiger partial charge is 0.373 e. The van der Waals surface area contributed by atoms with E-state index in [0.29, 0.717) is 6.54 Å². The van der Waals surface area contributed by atoms with E-state index in [4.69, 9.17) is 0 Å². The van der Waals surface area contributed by atoms with Gasteiger partial charge in [-0.15, -0.1) is 0 Å². The highest BCUT2D eigenvalue weighted by atomic mass is 16.2. The van der Waals surface area contributed by atoms with Crippen LogP contribution in [0.3, 0.4) is 0 Å². The van der Waals surface area contributed by atoms with Crippen LogP contribution in [0.4, 0.5) is 11.6 Å². The van der Waals surface area contributed by atoms with Gasteiger partial charge in [0.15, 0.2) is 0 Å². The number of hydrogen-bond donors (Lipinski definition) is 2. The van der Waals surface area contributed by atoms with Gasteiger partial charge in [-0.2, -0.15) is 5.10 Å². The normalized spacial score (nSPS) is 17.8. The molecule has 6 heteroatoms. The van der Waals surface area contributed by atoms with Crippen molar-refractivity contribution in [1.82, 2.24) is 15.2 Å².